The molecule has 0 saturated carbocycles. The van der Waals surface area contributed by atoms with E-state index in [1.54, 1.807) is 32.9 Å². The molecule has 0 aliphatic carbocycles. The summed E-state index contributed by atoms with van der Waals surface area (Å²) in [4.78, 5) is 11.7. The Balaban J connectivity index is 2.01. The minimum atomic E-state index is -0.672. The molecule has 5 nitrogen and oxygen atoms in total. The van der Waals surface area contributed by atoms with Gasteiger partial charge in [0.15, 0.2) is 0 Å². The van der Waals surface area contributed by atoms with Gasteiger partial charge in [0, 0.05) is 24.9 Å². The van der Waals surface area contributed by atoms with Gasteiger partial charge in [-0.1, -0.05) is 0 Å². The van der Waals surface area contributed by atoms with Crippen LogP contribution >= 0.6 is 0 Å². The van der Waals surface area contributed by atoms with E-state index in [0.717, 1.165) is 31.7 Å². The summed E-state index contributed by atoms with van der Waals surface area (Å²) in [6.45, 7) is 6.72. The first-order valence-corrected chi connectivity index (χ1v) is 7.47. The highest BCUT2D eigenvalue weighted by molar-refractivity contribution is 5.85. The van der Waals surface area contributed by atoms with E-state index in [2.05, 4.69) is 10.6 Å². The summed E-state index contributed by atoms with van der Waals surface area (Å²) in [6.07, 6.45) is 1.15. The van der Waals surface area contributed by atoms with Crippen LogP contribution in [-0.2, 0) is 9.47 Å². The molecule has 1 saturated heterocycles. The minimum absolute atomic E-state index is 0.103. The number of amides is 1. The largest absolute Gasteiger partial charge is 0.444 e. The zero-order chi connectivity index (χ0) is 16.2. The summed E-state index contributed by atoms with van der Waals surface area (Å²) < 4.78 is 24.3. The molecular weight excluding hydrogens is 287 g/mol. The Morgan fingerprint density at radius 1 is 1.32 bits per heavy atom. The summed E-state index contributed by atoms with van der Waals surface area (Å²) in [5, 5.41) is 5.77. The van der Waals surface area contributed by atoms with Crippen LogP contribution in [-0.4, -0.2) is 30.9 Å². The maximum atomic E-state index is 13.8. The van der Waals surface area contributed by atoms with Crippen molar-refractivity contribution >= 4 is 17.5 Å². The number of benzene rings is 1. The quantitative estimate of drug-likeness (QED) is 0.892. The van der Waals surface area contributed by atoms with E-state index >= 15 is 0 Å². The molecule has 0 unspecified atom stereocenters. The maximum Gasteiger partial charge on any atom is 0.412 e. The van der Waals surface area contributed by atoms with Crippen molar-refractivity contribution in [1.29, 1.82) is 0 Å². The summed E-state index contributed by atoms with van der Waals surface area (Å²) in [5.41, 5.74) is 0.240. The van der Waals surface area contributed by atoms with E-state index in [1.165, 1.54) is 6.07 Å². The van der Waals surface area contributed by atoms with Crippen LogP contribution < -0.4 is 10.6 Å². The zero-order valence-corrected chi connectivity index (χ0v) is 13.2. The SMILES string of the molecule is CC(C)(C)OC(=O)Nc1cc(NC2CCOCC2)ccc1F. The Bertz CT molecular complexity index is 523. The number of hydrogen-bond donors (Lipinski definition) is 2. The van der Waals surface area contributed by atoms with Gasteiger partial charge in [-0.05, 0) is 51.8 Å². The van der Waals surface area contributed by atoms with Gasteiger partial charge in [0.2, 0.25) is 0 Å². The first kappa shape index (κ1) is 16.5. The maximum absolute atomic E-state index is 13.8. The first-order chi connectivity index (χ1) is 10.3. The van der Waals surface area contributed by atoms with Gasteiger partial charge in [-0.3, -0.25) is 5.32 Å². The Kier molecular flexibility index (Phi) is 5.24. The van der Waals surface area contributed by atoms with Crippen molar-refractivity contribution in [3.8, 4) is 0 Å². The lowest BCUT2D eigenvalue weighted by Crippen LogP contribution is -2.28. The highest BCUT2D eigenvalue weighted by Crippen LogP contribution is 2.23. The molecule has 2 N–H and O–H groups in total. The molecule has 0 aromatic heterocycles. The van der Waals surface area contributed by atoms with Crippen molar-refractivity contribution in [1.82, 2.24) is 0 Å². The molecule has 22 heavy (non-hydrogen) atoms. The number of anilines is 2. The summed E-state index contributed by atoms with van der Waals surface area (Å²) in [5.74, 6) is -0.497. The molecule has 0 spiro atoms. The fourth-order valence-corrected chi connectivity index (χ4v) is 2.20. The molecule has 1 fully saturated rings. The standard InChI is InChI=1S/C16H23FN2O3/c1-16(2,3)22-15(20)19-14-10-12(4-5-13(14)17)18-11-6-8-21-9-7-11/h4-5,10-11,18H,6-9H2,1-3H3,(H,19,20). The average molecular weight is 310 g/mol. The van der Waals surface area contributed by atoms with Gasteiger partial charge >= 0.3 is 6.09 Å². The molecule has 0 radical (unpaired) electrons. The number of rotatable bonds is 3. The van der Waals surface area contributed by atoms with E-state index in [-0.39, 0.29) is 5.69 Å². The van der Waals surface area contributed by atoms with Gasteiger partial charge in [0.25, 0.3) is 0 Å². The van der Waals surface area contributed by atoms with Gasteiger partial charge in [-0.15, -0.1) is 0 Å². The molecular formula is C16H23FN2O3. The lowest BCUT2D eigenvalue weighted by molar-refractivity contribution is 0.0635. The molecule has 0 atom stereocenters. The Hall–Kier alpha value is -1.82. The van der Waals surface area contributed by atoms with Crippen molar-refractivity contribution in [2.24, 2.45) is 0 Å². The second-order valence-corrected chi connectivity index (χ2v) is 6.35. The normalized spacial score (nSPS) is 16.2. The van der Waals surface area contributed by atoms with Crippen LogP contribution in [0.3, 0.4) is 0 Å². The Morgan fingerprint density at radius 2 is 2.00 bits per heavy atom. The van der Waals surface area contributed by atoms with Gasteiger partial charge in [0.05, 0.1) is 5.69 Å². The second kappa shape index (κ2) is 6.96. The van der Waals surface area contributed by atoms with Crippen LogP contribution in [0.1, 0.15) is 33.6 Å². The van der Waals surface area contributed by atoms with E-state index in [4.69, 9.17) is 9.47 Å². The van der Waals surface area contributed by atoms with E-state index in [1.807, 2.05) is 0 Å². The van der Waals surface area contributed by atoms with Crippen LogP contribution in [0.15, 0.2) is 18.2 Å². The molecule has 0 bridgehead atoms. The van der Waals surface area contributed by atoms with Crippen molar-refractivity contribution in [3.05, 3.63) is 24.0 Å². The number of carbonyl (C=O) groups is 1. The number of hydrogen-bond acceptors (Lipinski definition) is 4. The van der Waals surface area contributed by atoms with Gasteiger partial charge in [-0.25, -0.2) is 9.18 Å². The number of nitrogens with one attached hydrogen (secondary N) is 2. The lowest BCUT2D eigenvalue weighted by atomic mass is 10.1. The number of ether oxygens (including phenoxy) is 2. The fraction of sp³-hybridized carbons (Fsp3) is 0.562. The summed E-state index contributed by atoms with van der Waals surface area (Å²) in [6, 6.07) is 4.86. The van der Waals surface area contributed by atoms with Crippen molar-refractivity contribution in [2.75, 3.05) is 23.8 Å². The average Bonchev–Trinajstić information content (AvgIpc) is 2.41. The van der Waals surface area contributed by atoms with Gasteiger partial charge < -0.3 is 14.8 Å². The molecule has 1 aliphatic rings. The Morgan fingerprint density at radius 3 is 2.64 bits per heavy atom. The molecule has 1 aliphatic heterocycles. The van der Waals surface area contributed by atoms with E-state index < -0.39 is 17.5 Å². The summed E-state index contributed by atoms with van der Waals surface area (Å²) in [7, 11) is 0. The molecule has 1 amide bonds. The second-order valence-electron chi connectivity index (χ2n) is 6.35. The molecule has 2 rings (SSSR count). The van der Waals surface area contributed by atoms with Gasteiger partial charge in [-0.2, -0.15) is 0 Å². The smallest absolute Gasteiger partial charge is 0.412 e. The number of halogens is 1. The predicted molar refractivity (Wildman–Crippen MR) is 83.7 cm³/mol. The topological polar surface area (TPSA) is 59.6 Å². The molecule has 122 valence electrons. The monoisotopic (exact) mass is 310 g/mol. The zero-order valence-electron chi connectivity index (χ0n) is 13.2. The van der Waals surface area contributed by atoms with Crippen molar-refractivity contribution in [3.63, 3.8) is 0 Å². The highest BCUT2D eigenvalue weighted by atomic mass is 19.1. The van der Waals surface area contributed by atoms with Crippen LogP contribution in [0.4, 0.5) is 20.6 Å². The highest BCUT2D eigenvalue weighted by Gasteiger charge is 2.18. The van der Waals surface area contributed by atoms with Gasteiger partial charge in [0.1, 0.15) is 11.4 Å². The first-order valence-electron chi connectivity index (χ1n) is 7.47. The predicted octanol–water partition coefficient (Wildman–Crippen LogP) is 3.76. The molecule has 1 heterocycles. The van der Waals surface area contributed by atoms with Crippen molar-refractivity contribution < 1.29 is 18.7 Å². The third-order valence-electron chi connectivity index (χ3n) is 3.19. The third kappa shape index (κ3) is 5.18. The fourth-order valence-electron chi connectivity index (χ4n) is 2.20. The van der Waals surface area contributed by atoms with Crippen LogP contribution in [0, 0.1) is 5.82 Å². The lowest BCUT2D eigenvalue weighted by Gasteiger charge is -2.24. The minimum Gasteiger partial charge on any atom is -0.444 e. The number of carbonyl (C=O) groups excluding carboxylic acids is 1. The molecule has 1 aromatic rings. The van der Waals surface area contributed by atoms with E-state index in [0.29, 0.717) is 6.04 Å². The Labute approximate surface area is 130 Å². The third-order valence-corrected chi connectivity index (χ3v) is 3.19. The summed E-state index contributed by atoms with van der Waals surface area (Å²) >= 11 is 0. The van der Waals surface area contributed by atoms with Crippen LogP contribution in [0.2, 0.25) is 0 Å². The van der Waals surface area contributed by atoms with Crippen molar-refractivity contribution in [2.45, 2.75) is 45.3 Å². The molecule has 1 aromatic carbocycles. The van der Waals surface area contributed by atoms with Crippen LogP contribution in [0.5, 0.6) is 0 Å². The van der Waals surface area contributed by atoms with E-state index in [9.17, 15) is 9.18 Å². The van der Waals surface area contributed by atoms with Crippen LogP contribution in [0.25, 0.3) is 0 Å². The molecule has 6 heteroatoms.